The minimum Gasteiger partial charge on any atom is -0.444 e. The van der Waals surface area contributed by atoms with Crippen LogP contribution in [0.2, 0.25) is 0 Å². The number of guanidine groups is 1. The summed E-state index contributed by atoms with van der Waals surface area (Å²) < 4.78 is 5.44. The van der Waals surface area contributed by atoms with Crippen molar-refractivity contribution in [3.8, 4) is 0 Å². The van der Waals surface area contributed by atoms with E-state index in [9.17, 15) is 4.79 Å². The molecule has 176 valence electrons. The van der Waals surface area contributed by atoms with Crippen LogP contribution in [0.15, 0.2) is 4.99 Å². The molecule has 1 heterocycles. The summed E-state index contributed by atoms with van der Waals surface area (Å²) in [7, 11) is 3.61. The Balaban J connectivity index is 0.00000450. The first kappa shape index (κ1) is 27.3. The summed E-state index contributed by atoms with van der Waals surface area (Å²) in [6.07, 6.45) is 8.48. The fraction of sp³-hybridized carbons (Fsp3) is 0.909. The van der Waals surface area contributed by atoms with Crippen molar-refractivity contribution in [1.29, 1.82) is 0 Å². The van der Waals surface area contributed by atoms with Crippen molar-refractivity contribution in [3.63, 3.8) is 0 Å². The van der Waals surface area contributed by atoms with E-state index in [1.807, 2.05) is 34.7 Å². The molecule has 8 heteroatoms. The summed E-state index contributed by atoms with van der Waals surface area (Å²) in [4.78, 5) is 20.9. The third kappa shape index (κ3) is 9.16. The monoisotopic (exact) mass is 537 g/mol. The highest BCUT2D eigenvalue weighted by atomic mass is 127. The van der Waals surface area contributed by atoms with Gasteiger partial charge in [0.05, 0.1) is 0 Å². The molecule has 1 saturated carbocycles. The largest absolute Gasteiger partial charge is 0.444 e. The van der Waals surface area contributed by atoms with Crippen LogP contribution in [-0.2, 0) is 4.74 Å². The highest BCUT2D eigenvalue weighted by Gasteiger charge is 2.27. The lowest BCUT2D eigenvalue weighted by Gasteiger charge is -2.36. The zero-order valence-corrected chi connectivity index (χ0v) is 22.2. The molecule has 1 aliphatic carbocycles. The van der Waals surface area contributed by atoms with Crippen LogP contribution in [0.1, 0.15) is 72.6 Å². The van der Waals surface area contributed by atoms with Crippen molar-refractivity contribution in [2.75, 3.05) is 33.7 Å². The molecular formula is C22H44IN5O2. The van der Waals surface area contributed by atoms with Gasteiger partial charge in [0.25, 0.3) is 0 Å². The molecule has 0 aromatic carbocycles. The topological polar surface area (TPSA) is 69.2 Å². The van der Waals surface area contributed by atoms with Crippen LogP contribution >= 0.6 is 24.0 Å². The predicted octanol–water partition coefficient (Wildman–Crippen LogP) is 3.82. The van der Waals surface area contributed by atoms with E-state index < -0.39 is 5.60 Å². The Morgan fingerprint density at radius 1 is 1.20 bits per heavy atom. The summed E-state index contributed by atoms with van der Waals surface area (Å²) in [5.41, 5.74) is -0.470. The summed E-state index contributed by atoms with van der Waals surface area (Å²) >= 11 is 0. The van der Waals surface area contributed by atoms with E-state index in [0.29, 0.717) is 6.04 Å². The quantitative estimate of drug-likeness (QED) is 0.306. The summed E-state index contributed by atoms with van der Waals surface area (Å²) in [5.74, 6) is 0.858. The molecule has 2 aliphatic rings. The average Bonchev–Trinajstić information content (AvgIpc) is 3.20. The van der Waals surface area contributed by atoms with Gasteiger partial charge in [-0.05, 0) is 59.8 Å². The number of carbonyl (C=O) groups excluding carboxylic acids is 1. The Morgan fingerprint density at radius 3 is 2.33 bits per heavy atom. The molecule has 2 fully saturated rings. The van der Waals surface area contributed by atoms with Crippen molar-refractivity contribution in [1.82, 2.24) is 20.4 Å². The smallest absolute Gasteiger partial charge is 0.410 e. The van der Waals surface area contributed by atoms with Gasteiger partial charge in [0.15, 0.2) is 5.96 Å². The van der Waals surface area contributed by atoms with Gasteiger partial charge >= 0.3 is 6.09 Å². The fourth-order valence-corrected chi connectivity index (χ4v) is 4.17. The number of rotatable bonds is 6. The minimum absolute atomic E-state index is 0. The molecule has 1 atom stereocenters. The third-order valence-corrected chi connectivity index (χ3v) is 6.13. The predicted molar refractivity (Wildman–Crippen MR) is 135 cm³/mol. The third-order valence-electron chi connectivity index (χ3n) is 6.13. The Morgan fingerprint density at radius 2 is 1.80 bits per heavy atom. The van der Waals surface area contributed by atoms with Gasteiger partial charge in [-0.1, -0.05) is 12.8 Å². The fourth-order valence-electron chi connectivity index (χ4n) is 4.17. The van der Waals surface area contributed by atoms with Gasteiger partial charge in [0, 0.05) is 51.9 Å². The van der Waals surface area contributed by atoms with Crippen LogP contribution < -0.4 is 10.6 Å². The summed E-state index contributed by atoms with van der Waals surface area (Å²) in [6, 6.07) is 1.41. The second-order valence-electron chi connectivity index (χ2n) is 9.62. The van der Waals surface area contributed by atoms with E-state index >= 15 is 0 Å². The molecule has 1 amide bonds. The minimum atomic E-state index is -0.470. The van der Waals surface area contributed by atoms with Crippen LogP contribution in [0.3, 0.4) is 0 Å². The molecule has 0 aromatic rings. The number of amides is 1. The SMILES string of the molecule is CN=C(NCCC(C)N(C)C(=O)OC(C)(C)C)NC1CCN(C2CCCC2)CC1.I. The van der Waals surface area contributed by atoms with Crippen LogP contribution in [0.5, 0.6) is 0 Å². The number of nitrogens with one attached hydrogen (secondary N) is 2. The summed E-state index contributed by atoms with van der Waals surface area (Å²) in [6.45, 7) is 10.8. The molecule has 0 aromatic heterocycles. The van der Waals surface area contributed by atoms with Crippen molar-refractivity contribution in [2.45, 2.75) is 96.4 Å². The number of ether oxygens (including phenoxy) is 1. The molecule has 30 heavy (non-hydrogen) atoms. The molecule has 1 saturated heterocycles. The van der Waals surface area contributed by atoms with E-state index in [1.165, 1.54) is 51.6 Å². The highest BCUT2D eigenvalue weighted by Crippen LogP contribution is 2.26. The lowest BCUT2D eigenvalue weighted by molar-refractivity contribution is 0.0230. The Hall–Kier alpha value is -0.770. The Kier molecular flexibility index (Phi) is 11.8. The zero-order valence-electron chi connectivity index (χ0n) is 19.9. The van der Waals surface area contributed by atoms with E-state index in [4.69, 9.17) is 4.74 Å². The number of nitrogens with zero attached hydrogens (tertiary/aromatic N) is 3. The highest BCUT2D eigenvalue weighted by molar-refractivity contribution is 14.0. The molecule has 0 spiro atoms. The van der Waals surface area contributed by atoms with Crippen molar-refractivity contribution in [3.05, 3.63) is 0 Å². The summed E-state index contributed by atoms with van der Waals surface area (Å²) in [5, 5.41) is 6.98. The number of aliphatic imine (C=N–C) groups is 1. The maximum Gasteiger partial charge on any atom is 0.410 e. The van der Waals surface area contributed by atoms with Crippen molar-refractivity contribution in [2.24, 2.45) is 4.99 Å². The van der Waals surface area contributed by atoms with Crippen LogP contribution in [0.25, 0.3) is 0 Å². The van der Waals surface area contributed by atoms with E-state index in [1.54, 1.807) is 11.9 Å². The number of carbonyl (C=O) groups is 1. The number of hydrogen-bond acceptors (Lipinski definition) is 4. The second-order valence-corrected chi connectivity index (χ2v) is 9.62. The molecule has 1 unspecified atom stereocenters. The molecule has 2 rings (SSSR count). The average molecular weight is 538 g/mol. The molecule has 7 nitrogen and oxygen atoms in total. The zero-order chi connectivity index (χ0) is 21.4. The maximum absolute atomic E-state index is 12.2. The van der Waals surface area contributed by atoms with Crippen LogP contribution in [0, 0.1) is 0 Å². The Bertz CT molecular complexity index is 538. The molecular weight excluding hydrogens is 493 g/mol. The van der Waals surface area contributed by atoms with Gasteiger partial charge in [0.2, 0.25) is 0 Å². The van der Waals surface area contributed by atoms with Gasteiger partial charge in [-0.2, -0.15) is 0 Å². The molecule has 0 bridgehead atoms. The van der Waals surface area contributed by atoms with Crippen LogP contribution in [-0.4, -0.2) is 79.3 Å². The van der Waals surface area contributed by atoms with Gasteiger partial charge in [-0.25, -0.2) is 4.79 Å². The number of likely N-dealkylation sites (tertiary alicyclic amines) is 1. The lowest BCUT2D eigenvalue weighted by Crippen LogP contribution is -2.50. The first-order valence-corrected chi connectivity index (χ1v) is 11.4. The van der Waals surface area contributed by atoms with Crippen molar-refractivity contribution >= 4 is 36.0 Å². The molecule has 1 aliphatic heterocycles. The number of piperidine rings is 1. The number of halogens is 1. The van der Waals surface area contributed by atoms with Gasteiger partial charge in [-0.3, -0.25) is 4.99 Å². The first-order chi connectivity index (χ1) is 13.7. The molecule has 0 radical (unpaired) electrons. The first-order valence-electron chi connectivity index (χ1n) is 11.4. The Labute approximate surface area is 200 Å². The van der Waals surface area contributed by atoms with Gasteiger partial charge in [0.1, 0.15) is 5.60 Å². The second kappa shape index (κ2) is 12.9. The van der Waals surface area contributed by atoms with E-state index in [2.05, 4.69) is 20.5 Å². The molecule has 2 N–H and O–H groups in total. The van der Waals surface area contributed by atoms with Crippen LogP contribution in [0.4, 0.5) is 4.79 Å². The van der Waals surface area contributed by atoms with Gasteiger partial charge < -0.3 is 25.2 Å². The lowest BCUT2D eigenvalue weighted by atomic mass is 10.0. The normalized spacial score (nSPS) is 20.4. The van der Waals surface area contributed by atoms with Gasteiger partial charge in [-0.15, -0.1) is 24.0 Å². The standard InChI is InChI=1S/C22H43N5O2.HI/c1-17(26(6)21(28)29-22(2,3)4)11-14-24-20(23-5)25-18-12-15-27(16-13-18)19-9-7-8-10-19;/h17-19H,7-16H2,1-6H3,(H2,23,24,25);1H. The van der Waals surface area contributed by atoms with E-state index in [0.717, 1.165) is 25.0 Å². The van der Waals surface area contributed by atoms with E-state index in [-0.39, 0.29) is 36.1 Å². The number of hydrogen-bond donors (Lipinski definition) is 2. The maximum atomic E-state index is 12.2. The van der Waals surface area contributed by atoms with Crippen molar-refractivity contribution < 1.29 is 9.53 Å².